The van der Waals surface area contributed by atoms with Crippen molar-refractivity contribution in [2.45, 2.75) is 59.1 Å². The van der Waals surface area contributed by atoms with Gasteiger partial charge in [-0.3, -0.25) is 9.69 Å². The van der Waals surface area contributed by atoms with E-state index in [1.165, 1.54) is 17.7 Å². The fraction of sp³-hybridized carbons (Fsp3) is 0.552. The van der Waals surface area contributed by atoms with Gasteiger partial charge in [0, 0.05) is 68.0 Å². The summed E-state index contributed by atoms with van der Waals surface area (Å²) in [6, 6.07) is 7.87. The molecule has 36 heavy (non-hydrogen) atoms. The van der Waals surface area contributed by atoms with E-state index in [4.69, 9.17) is 0 Å². The van der Waals surface area contributed by atoms with Crippen molar-refractivity contribution in [1.82, 2.24) is 9.80 Å². The first-order valence-electron chi connectivity index (χ1n) is 12.9. The van der Waals surface area contributed by atoms with Gasteiger partial charge in [0.1, 0.15) is 11.6 Å². The van der Waals surface area contributed by atoms with Crippen LogP contribution in [0.3, 0.4) is 0 Å². The highest BCUT2D eigenvalue weighted by Gasteiger charge is 2.44. The maximum Gasteiger partial charge on any atom is 0.227 e. The predicted molar refractivity (Wildman–Crippen MR) is 139 cm³/mol. The highest BCUT2D eigenvalue weighted by atomic mass is 19.1. The zero-order chi connectivity index (χ0) is 26.4. The second kappa shape index (κ2) is 10.1. The Morgan fingerprint density at radius 3 is 2.22 bits per heavy atom. The molecule has 3 unspecified atom stereocenters. The molecule has 2 aromatic rings. The van der Waals surface area contributed by atoms with Gasteiger partial charge in [0.05, 0.1) is 12.0 Å². The van der Waals surface area contributed by atoms with Crippen LogP contribution in [-0.2, 0) is 4.79 Å². The third-order valence-corrected chi connectivity index (χ3v) is 7.97. The van der Waals surface area contributed by atoms with Crippen molar-refractivity contribution in [2.75, 3.05) is 44.2 Å². The Balaban J connectivity index is 1.53. The smallest absolute Gasteiger partial charge is 0.227 e. The largest absolute Gasteiger partial charge is 0.389 e. The first-order chi connectivity index (χ1) is 16.9. The summed E-state index contributed by atoms with van der Waals surface area (Å²) in [6.45, 7) is 15.8. The number of hydrogen-bond acceptors (Lipinski definition) is 4. The third-order valence-electron chi connectivity index (χ3n) is 7.97. The number of hydrogen-bond donors (Lipinski definition) is 1. The van der Waals surface area contributed by atoms with Crippen LogP contribution in [0, 0.1) is 31.4 Å². The first-order valence-corrected chi connectivity index (χ1v) is 12.9. The number of likely N-dealkylation sites (tertiary alicyclic amines) is 1. The maximum absolute atomic E-state index is 14.8. The molecule has 2 aliphatic rings. The second-order valence-electron chi connectivity index (χ2n) is 11.4. The summed E-state index contributed by atoms with van der Waals surface area (Å²) >= 11 is 0. The van der Waals surface area contributed by atoms with Crippen LogP contribution < -0.4 is 4.90 Å². The third kappa shape index (κ3) is 5.28. The van der Waals surface area contributed by atoms with E-state index in [2.05, 4.69) is 43.6 Å². The number of carbonyl (C=O) groups excluding carboxylic acids is 1. The summed E-state index contributed by atoms with van der Waals surface area (Å²) in [5.74, 6) is -1.86. The van der Waals surface area contributed by atoms with Crippen LogP contribution in [0.25, 0.3) is 0 Å². The van der Waals surface area contributed by atoms with E-state index < -0.39 is 17.7 Å². The van der Waals surface area contributed by atoms with Crippen molar-refractivity contribution < 1.29 is 18.7 Å². The van der Waals surface area contributed by atoms with Gasteiger partial charge in [-0.15, -0.1) is 0 Å². The highest BCUT2D eigenvalue weighted by Crippen LogP contribution is 2.39. The number of anilines is 1. The van der Waals surface area contributed by atoms with Gasteiger partial charge in [0.2, 0.25) is 5.91 Å². The van der Waals surface area contributed by atoms with Gasteiger partial charge in [-0.1, -0.05) is 12.1 Å². The van der Waals surface area contributed by atoms with E-state index in [9.17, 15) is 18.7 Å². The molecule has 1 N–H and O–H groups in total. The molecular formula is C29H39F2N3O2. The maximum atomic E-state index is 14.8. The van der Waals surface area contributed by atoms with Gasteiger partial charge < -0.3 is 14.9 Å². The summed E-state index contributed by atoms with van der Waals surface area (Å²) in [7, 11) is 0. The zero-order valence-corrected chi connectivity index (χ0v) is 22.3. The van der Waals surface area contributed by atoms with E-state index in [0.29, 0.717) is 44.8 Å². The van der Waals surface area contributed by atoms with Gasteiger partial charge in [0.25, 0.3) is 0 Å². The zero-order valence-electron chi connectivity index (χ0n) is 22.3. The lowest BCUT2D eigenvalue weighted by Gasteiger charge is -2.39. The molecule has 5 nitrogen and oxygen atoms in total. The van der Waals surface area contributed by atoms with Crippen LogP contribution in [-0.4, -0.2) is 65.6 Å². The van der Waals surface area contributed by atoms with Gasteiger partial charge >= 0.3 is 0 Å². The lowest BCUT2D eigenvalue weighted by Crippen LogP contribution is -2.51. The van der Waals surface area contributed by atoms with Gasteiger partial charge in [-0.05, 0) is 70.4 Å². The Bertz CT molecular complexity index is 1120. The molecular weight excluding hydrogens is 460 g/mol. The van der Waals surface area contributed by atoms with Crippen molar-refractivity contribution in [3.05, 3.63) is 64.2 Å². The molecule has 0 saturated carbocycles. The predicted octanol–water partition coefficient (Wildman–Crippen LogP) is 4.80. The number of nitrogens with zero attached hydrogens (tertiary/aromatic N) is 3. The molecule has 2 fully saturated rings. The van der Waals surface area contributed by atoms with Crippen LogP contribution in [0.4, 0.5) is 14.5 Å². The lowest BCUT2D eigenvalue weighted by atomic mass is 9.87. The average Bonchev–Trinajstić information content (AvgIpc) is 3.26. The standard InChI is InChI=1S/C29H39F2N3O2/c1-18-13-23(20(3)35)27(14-19(18)2)32-9-11-33(12-10-32)28(36)25-17-34(29(4,5)6)16-24(25)22-8-7-21(30)15-26(22)31/h7-8,13-15,20,24-25,35H,9-12,16-17H2,1-6H3. The van der Waals surface area contributed by atoms with Crippen molar-refractivity contribution in [3.63, 3.8) is 0 Å². The number of carbonyl (C=O) groups is 1. The number of halogens is 2. The number of rotatable bonds is 4. The summed E-state index contributed by atoms with van der Waals surface area (Å²) in [5.41, 5.74) is 4.49. The first kappa shape index (κ1) is 26.6. The Labute approximate surface area is 213 Å². The van der Waals surface area contributed by atoms with E-state index in [-0.39, 0.29) is 23.3 Å². The van der Waals surface area contributed by atoms with Gasteiger partial charge in [-0.2, -0.15) is 0 Å². The Hall–Kier alpha value is -2.51. The van der Waals surface area contributed by atoms with Crippen LogP contribution in [0.15, 0.2) is 30.3 Å². The summed E-state index contributed by atoms with van der Waals surface area (Å²) in [4.78, 5) is 20.2. The molecule has 1 amide bonds. The van der Waals surface area contributed by atoms with Crippen LogP contribution >= 0.6 is 0 Å². The normalized spacial score (nSPS) is 22.2. The number of piperazine rings is 1. The average molecular weight is 500 g/mol. The fourth-order valence-electron chi connectivity index (χ4n) is 5.55. The number of benzene rings is 2. The van der Waals surface area contributed by atoms with E-state index in [1.54, 1.807) is 6.92 Å². The molecule has 2 saturated heterocycles. The summed E-state index contributed by atoms with van der Waals surface area (Å²) in [6.07, 6.45) is -0.577. The molecule has 0 radical (unpaired) electrons. The molecule has 0 spiro atoms. The summed E-state index contributed by atoms with van der Waals surface area (Å²) < 4.78 is 28.4. The van der Waals surface area contributed by atoms with E-state index in [1.807, 2.05) is 17.9 Å². The minimum Gasteiger partial charge on any atom is -0.389 e. The molecule has 0 aliphatic carbocycles. The molecule has 0 bridgehead atoms. The lowest BCUT2D eigenvalue weighted by molar-refractivity contribution is -0.136. The Morgan fingerprint density at radius 1 is 1.00 bits per heavy atom. The molecule has 2 aromatic carbocycles. The van der Waals surface area contributed by atoms with Gasteiger partial charge in [-0.25, -0.2) is 8.78 Å². The molecule has 0 aromatic heterocycles. The van der Waals surface area contributed by atoms with E-state index >= 15 is 0 Å². The number of aliphatic hydroxyl groups is 1. The van der Waals surface area contributed by atoms with Crippen molar-refractivity contribution in [3.8, 4) is 0 Å². The number of amides is 1. The molecule has 3 atom stereocenters. The molecule has 2 heterocycles. The monoisotopic (exact) mass is 499 g/mol. The summed E-state index contributed by atoms with van der Waals surface area (Å²) in [5, 5.41) is 10.4. The molecule has 4 rings (SSSR count). The minimum atomic E-state index is -0.608. The highest BCUT2D eigenvalue weighted by molar-refractivity contribution is 5.81. The fourth-order valence-corrected chi connectivity index (χ4v) is 5.55. The van der Waals surface area contributed by atoms with Crippen molar-refractivity contribution >= 4 is 11.6 Å². The van der Waals surface area contributed by atoms with E-state index in [0.717, 1.165) is 22.9 Å². The Kier molecular flexibility index (Phi) is 7.45. The number of aryl methyl sites for hydroxylation is 2. The van der Waals surface area contributed by atoms with Crippen molar-refractivity contribution in [2.24, 2.45) is 5.92 Å². The molecule has 7 heteroatoms. The topological polar surface area (TPSA) is 47.0 Å². The van der Waals surface area contributed by atoms with Crippen LogP contribution in [0.2, 0.25) is 0 Å². The second-order valence-corrected chi connectivity index (χ2v) is 11.4. The number of aliphatic hydroxyl groups excluding tert-OH is 1. The SMILES string of the molecule is Cc1cc(C(C)O)c(N2CCN(C(=O)C3CN(C(C)(C)C)CC3c3ccc(F)cc3F)CC2)cc1C. The van der Waals surface area contributed by atoms with Crippen LogP contribution in [0.1, 0.15) is 62.0 Å². The van der Waals surface area contributed by atoms with Gasteiger partial charge in [0.15, 0.2) is 0 Å². The molecule has 196 valence electrons. The minimum absolute atomic E-state index is 0.0333. The quantitative estimate of drug-likeness (QED) is 0.657. The molecule has 2 aliphatic heterocycles. The van der Waals surface area contributed by atoms with Crippen LogP contribution in [0.5, 0.6) is 0 Å². The van der Waals surface area contributed by atoms with Crippen molar-refractivity contribution in [1.29, 1.82) is 0 Å². The Morgan fingerprint density at radius 2 is 1.64 bits per heavy atom.